The van der Waals surface area contributed by atoms with Crippen molar-refractivity contribution in [3.63, 3.8) is 0 Å². The Labute approximate surface area is 179 Å². The highest BCUT2D eigenvalue weighted by atomic mass is 16.5. The van der Waals surface area contributed by atoms with Crippen LogP contribution in [0.15, 0.2) is 60.7 Å². The van der Waals surface area contributed by atoms with E-state index in [1.54, 1.807) is 47.2 Å². The van der Waals surface area contributed by atoms with Crippen LogP contribution in [0.2, 0.25) is 0 Å². The average Bonchev–Trinajstić information content (AvgIpc) is 3.11. The second kappa shape index (κ2) is 7.05. The van der Waals surface area contributed by atoms with Gasteiger partial charge < -0.3 is 14.2 Å². The van der Waals surface area contributed by atoms with Gasteiger partial charge in [0.15, 0.2) is 11.5 Å². The normalized spacial score (nSPS) is 16.5. The van der Waals surface area contributed by atoms with E-state index in [2.05, 4.69) is 0 Å². The van der Waals surface area contributed by atoms with E-state index >= 15 is 0 Å². The molecule has 0 saturated heterocycles. The Morgan fingerprint density at radius 2 is 1.32 bits per heavy atom. The molecule has 2 amide bonds. The molecule has 7 nitrogen and oxygen atoms in total. The van der Waals surface area contributed by atoms with Crippen LogP contribution in [-0.2, 0) is 0 Å². The fourth-order valence-electron chi connectivity index (χ4n) is 4.42. The maximum Gasteiger partial charge on any atom is 0.264 e. The van der Waals surface area contributed by atoms with Gasteiger partial charge in [-0.25, -0.2) is 0 Å². The predicted molar refractivity (Wildman–Crippen MR) is 115 cm³/mol. The topological polar surface area (TPSA) is 68.3 Å². The minimum absolute atomic E-state index is 0.211. The van der Waals surface area contributed by atoms with Crippen molar-refractivity contribution in [1.29, 1.82) is 0 Å². The van der Waals surface area contributed by atoms with E-state index in [4.69, 9.17) is 14.2 Å². The minimum atomic E-state index is -0.680. The first-order valence-corrected chi connectivity index (χ1v) is 9.76. The van der Waals surface area contributed by atoms with Crippen LogP contribution in [0.1, 0.15) is 32.4 Å². The van der Waals surface area contributed by atoms with Crippen LogP contribution in [-0.4, -0.2) is 33.1 Å². The van der Waals surface area contributed by atoms with Gasteiger partial charge in [0.2, 0.25) is 0 Å². The lowest BCUT2D eigenvalue weighted by Crippen LogP contribution is -2.48. The lowest BCUT2D eigenvalue weighted by Gasteiger charge is -2.41. The molecule has 0 saturated carbocycles. The zero-order chi connectivity index (χ0) is 21.7. The van der Waals surface area contributed by atoms with Gasteiger partial charge in [-0.05, 0) is 30.3 Å². The summed E-state index contributed by atoms with van der Waals surface area (Å²) in [5.41, 5.74) is 2.63. The summed E-state index contributed by atoms with van der Waals surface area (Å²) in [6.07, 6.45) is -0.680. The second-order valence-electron chi connectivity index (χ2n) is 7.18. The Kier molecular flexibility index (Phi) is 4.32. The number of ether oxygens (including phenoxy) is 3. The fourth-order valence-corrected chi connectivity index (χ4v) is 4.42. The number of para-hydroxylation sites is 3. The molecule has 7 heteroatoms. The predicted octanol–water partition coefficient (Wildman–Crippen LogP) is 4.03. The maximum atomic E-state index is 13.7. The molecular weight excluding hydrogens is 396 g/mol. The monoisotopic (exact) mass is 416 g/mol. The van der Waals surface area contributed by atoms with Gasteiger partial charge in [0.25, 0.3) is 11.8 Å². The third-order valence-corrected chi connectivity index (χ3v) is 5.74. The molecule has 0 spiro atoms. The van der Waals surface area contributed by atoms with Crippen LogP contribution in [0, 0.1) is 0 Å². The highest BCUT2D eigenvalue weighted by Gasteiger charge is 2.50. The number of benzene rings is 3. The smallest absolute Gasteiger partial charge is 0.264 e. The number of hydrogen-bond donors (Lipinski definition) is 0. The average molecular weight is 416 g/mol. The summed E-state index contributed by atoms with van der Waals surface area (Å²) < 4.78 is 16.5. The summed E-state index contributed by atoms with van der Waals surface area (Å²) in [4.78, 5) is 30.6. The van der Waals surface area contributed by atoms with Crippen LogP contribution in [0.4, 0.5) is 11.4 Å². The molecule has 0 aromatic heterocycles. The Hall–Kier alpha value is -4.00. The second-order valence-corrected chi connectivity index (χ2v) is 7.18. The fraction of sp³-hybridized carbons (Fsp3) is 0.167. The van der Waals surface area contributed by atoms with Gasteiger partial charge >= 0.3 is 0 Å². The summed E-state index contributed by atoms with van der Waals surface area (Å²) in [7, 11) is 4.58. The van der Waals surface area contributed by atoms with Gasteiger partial charge in [-0.3, -0.25) is 19.4 Å². The summed E-state index contributed by atoms with van der Waals surface area (Å²) in [6.45, 7) is 0. The Balaban J connectivity index is 1.82. The van der Waals surface area contributed by atoms with Crippen molar-refractivity contribution in [1.82, 2.24) is 0 Å². The van der Waals surface area contributed by atoms with Crippen LogP contribution < -0.4 is 24.0 Å². The number of carbonyl (C=O) groups excluding carboxylic acids is 2. The van der Waals surface area contributed by atoms with Crippen LogP contribution in [0.3, 0.4) is 0 Å². The zero-order valence-electron chi connectivity index (χ0n) is 17.3. The minimum Gasteiger partial charge on any atom is -0.495 e. The van der Waals surface area contributed by atoms with Gasteiger partial charge in [-0.15, -0.1) is 0 Å². The summed E-state index contributed by atoms with van der Waals surface area (Å²) >= 11 is 0. The van der Waals surface area contributed by atoms with Gasteiger partial charge in [-0.1, -0.05) is 30.3 Å². The highest BCUT2D eigenvalue weighted by Crippen LogP contribution is 2.51. The first-order valence-electron chi connectivity index (χ1n) is 9.76. The van der Waals surface area contributed by atoms with E-state index in [0.29, 0.717) is 45.3 Å². The summed E-state index contributed by atoms with van der Waals surface area (Å²) in [5.74, 6) is 0.881. The van der Waals surface area contributed by atoms with Gasteiger partial charge in [-0.2, -0.15) is 0 Å². The molecule has 0 radical (unpaired) electrons. The number of nitrogens with zero attached hydrogens (tertiary/aromatic N) is 2. The van der Waals surface area contributed by atoms with Crippen LogP contribution in [0.25, 0.3) is 0 Å². The lowest BCUT2D eigenvalue weighted by molar-refractivity contribution is 0.0947. The SMILES string of the molecule is COc1ccccc1N1C(=O)c2ccccc2N2C(=O)c3c(ccc(OC)c3OC)[C@H]12. The van der Waals surface area contributed by atoms with Crippen molar-refractivity contribution in [2.24, 2.45) is 0 Å². The van der Waals surface area contributed by atoms with Crippen molar-refractivity contribution >= 4 is 23.2 Å². The number of methoxy groups -OCH3 is 3. The summed E-state index contributed by atoms with van der Waals surface area (Å²) in [5, 5.41) is 0. The molecule has 156 valence electrons. The molecule has 3 aromatic rings. The summed E-state index contributed by atoms with van der Waals surface area (Å²) in [6, 6.07) is 17.9. The van der Waals surface area contributed by atoms with Gasteiger partial charge in [0.1, 0.15) is 11.9 Å². The molecule has 0 unspecified atom stereocenters. The number of anilines is 2. The standard InChI is InChI=1S/C24H20N2O5/c1-29-18-11-7-6-10-17(18)26-22-15-12-13-19(30-2)21(31-3)20(15)24(28)25(22)16-9-5-4-8-14(16)23(26)27/h4-13,22H,1-3H3/t22-/m0/s1. The van der Waals surface area contributed by atoms with E-state index in [-0.39, 0.29) is 11.8 Å². The van der Waals surface area contributed by atoms with Crippen LogP contribution in [0.5, 0.6) is 17.2 Å². The molecule has 0 N–H and O–H groups in total. The lowest BCUT2D eigenvalue weighted by atomic mass is 10.0. The maximum absolute atomic E-state index is 13.7. The Bertz CT molecular complexity index is 1220. The van der Waals surface area contributed by atoms with Gasteiger partial charge in [0.05, 0.1) is 43.8 Å². The molecule has 31 heavy (non-hydrogen) atoms. The van der Waals surface area contributed by atoms with E-state index in [9.17, 15) is 9.59 Å². The van der Waals surface area contributed by atoms with E-state index in [1.807, 2.05) is 30.3 Å². The zero-order valence-corrected chi connectivity index (χ0v) is 17.3. The number of carbonyl (C=O) groups is 2. The first-order chi connectivity index (χ1) is 15.1. The quantitative estimate of drug-likeness (QED) is 0.642. The van der Waals surface area contributed by atoms with Crippen molar-refractivity contribution in [3.8, 4) is 17.2 Å². The van der Waals surface area contributed by atoms with Crippen molar-refractivity contribution in [3.05, 3.63) is 77.4 Å². The number of amides is 2. The molecule has 2 aliphatic heterocycles. The van der Waals surface area contributed by atoms with Gasteiger partial charge in [0, 0.05) is 5.56 Å². The van der Waals surface area contributed by atoms with Crippen molar-refractivity contribution < 1.29 is 23.8 Å². The first kappa shape index (κ1) is 19.0. The third-order valence-electron chi connectivity index (χ3n) is 5.74. The number of rotatable bonds is 4. The molecule has 0 bridgehead atoms. The molecule has 0 aliphatic carbocycles. The molecule has 2 aliphatic rings. The molecule has 2 heterocycles. The van der Waals surface area contributed by atoms with E-state index < -0.39 is 6.17 Å². The third kappa shape index (κ3) is 2.53. The Morgan fingerprint density at radius 1 is 0.677 bits per heavy atom. The number of hydrogen-bond acceptors (Lipinski definition) is 5. The number of fused-ring (bicyclic) bond motifs is 5. The highest BCUT2D eigenvalue weighted by molar-refractivity contribution is 6.22. The van der Waals surface area contributed by atoms with Crippen LogP contribution >= 0.6 is 0 Å². The molecule has 5 rings (SSSR count). The molecule has 1 atom stereocenters. The Morgan fingerprint density at radius 3 is 2.03 bits per heavy atom. The molecule has 0 fully saturated rings. The molecule has 3 aromatic carbocycles. The van der Waals surface area contributed by atoms with Crippen molar-refractivity contribution in [2.45, 2.75) is 6.17 Å². The van der Waals surface area contributed by atoms with E-state index in [0.717, 1.165) is 0 Å². The van der Waals surface area contributed by atoms with Crippen molar-refractivity contribution in [2.75, 3.05) is 31.1 Å². The largest absolute Gasteiger partial charge is 0.495 e. The van der Waals surface area contributed by atoms with E-state index in [1.165, 1.54) is 14.2 Å². The molecular formula is C24H20N2O5.